The third kappa shape index (κ3) is 94.2. The molecule has 0 fully saturated rings. The predicted molar refractivity (Wildman–Crippen MR) is 10.7 cm³/mol. The molecule has 0 amide bonds. The van der Waals surface area contributed by atoms with Crippen LogP contribution in [-0.4, -0.2) is 16.2 Å². The fraction of sp³-hybridized carbons (Fsp3) is 0. The van der Waals surface area contributed by atoms with E-state index in [-0.39, 0.29) is 107 Å². The monoisotopic (exact) mass is 365 g/mol. The Kier molecular flexibility index (Phi) is 815. The van der Waals surface area contributed by atoms with Crippen molar-refractivity contribution in [2.45, 2.75) is 0 Å². The van der Waals surface area contributed by atoms with E-state index in [0.29, 0.717) is 16.2 Å². The van der Waals surface area contributed by atoms with Crippen LogP contribution in [0, 0.1) is 0 Å². The van der Waals surface area contributed by atoms with Crippen LogP contribution in [0.2, 0.25) is 0 Å². The molecule has 0 aromatic heterocycles. The summed E-state index contributed by atoms with van der Waals surface area (Å²) in [6.45, 7) is 0. The van der Waals surface area contributed by atoms with Gasteiger partial charge in [-0.15, -0.1) is 0 Å². The Labute approximate surface area is 145 Å². The van der Waals surface area contributed by atoms with Gasteiger partial charge in [-0.25, -0.2) is 0 Å². The normalized spacial score (nSPS) is 0.800. The Morgan fingerprint density at radius 2 is 1.00 bits per heavy atom. The molecule has 0 aromatic carbocycles. The first-order chi connectivity index (χ1) is 2.00. The second-order valence-electron chi connectivity index (χ2n) is 0. The first kappa shape index (κ1) is 66.9. The van der Waals surface area contributed by atoms with Crippen molar-refractivity contribution in [2.24, 2.45) is 0 Å². The molecule has 0 heterocycles. The van der Waals surface area contributed by atoms with Gasteiger partial charge in [0.1, 0.15) is 0 Å². The number of hydrogen-bond donors (Lipinski definition) is 0. The van der Waals surface area contributed by atoms with E-state index in [1.54, 1.807) is 0 Å². The number of hydrogen-bond acceptors (Lipinski definition) is 2. The van der Waals surface area contributed by atoms with Crippen molar-refractivity contribution in [3.63, 3.8) is 0 Å². The standard InChI is InChI=1S/Al.2Co.2Li.Mn.2Ni.2O.3H/q;;;2*+1;;;;;;;2*-1. The minimum atomic E-state index is 0. The maximum atomic E-state index is 8.28. The van der Waals surface area contributed by atoms with Gasteiger partial charge in [0.25, 0.3) is 0 Å². The zero-order valence-corrected chi connectivity index (χ0v) is 11.9. The van der Waals surface area contributed by atoms with Crippen LogP contribution in [0.3, 0.4) is 0 Å². The molecular weight excluding hydrogens is 363 g/mol. The second kappa shape index (κ2) is 122. The summed E-state index contributed by atoms with van der Waals surface area (Å²) in [7, 11) is 0. The van der Waals surface area contributed by atoms with Gasteiger partial charge in [0.05, 0.1) is 0 Å². The van der Waals surface area contributed by atoms with Crippen LogP contribution in [0.15, 0.2) is 0 Å². The summed E-state index contributed by atoms with van der Waals surface area (Å²) in [5, 5.41) is 0. The van der Waals surface area contributed by atoms with Gasteiger partial charge in [-0.2, -0.15) is 0 Å². The van der Waals surface area contributed by atoms with Crippen LogP contribution in [-0.2, 0) is 90.2 Å². The molecule has 0 atom stereocenters. The van der Waals surface area contributed by atoms with E-state index in [0.717, 1.165) is 0 Å². The van der Waals surface area contributed by atoms with Gasteiger partial charge in [-0.1, -0.05) is 0 Å². The van der Waals surface area contributed by atoms with E-state index in [9.17, 15) is 0 Å². The zero-order chi connectivity index (χ0) is 4.00. The fourth-order valence-corrected chi connectivity index (χ4v) is 0. The molecule has 0 aliphatic heterocycles. The van der Waals surface area contributed by atoms with Crippen LogP contribution < -0.4 is 37.7 Å². The molecule has 0 spiro atoms. The molecule has 0 aliphatic rings. The van der Waals surface area contributed by atoms with E-state index in [2.05, 4.69) is 15.7 Å². The molecule has 0 aliphatic carbocycles. The average Bonchev–Trinajstić information content (AvgIpc) is 1.50. The Bertz CT molecular complexity index is 35.0. The van der Waals surface area contributed by atoms with E-state index >= 15 is 0 Å². The first-order valence-electron chi connectivity index (χ1n) is 0.425. The molecule has 0 saturated carbocycles. The molecule has 0 aromatic rings. The van der Waals surface area contributed by atoms with Crippen molar-refractivity contribution in [1.82, 2.24) is 0 Å². The van der Waals surface area contributed by atoms with Crippen LogP contribution >= 0.6 is 0 Å². The van der Waals surface area contributed by atoms with E-state index in [1.807, 2.05) is 0 Å². The Morgan fingerprint density at radius 1 is 1.00 bits per heavy atom. The molecule has 0 saturated heterocycles. The van der Waals surface area contributed by atoms with E-state index < -0.39 is 0 Å². The zero-order valence-electron chi connectivity index (χ0n) is 7.20. The Morgan fingerprint density at radius 3 is 1.00 bits per heavy atom. The topological polar surface area (TPSA) is 34.1 Å². The molecule has 65 valence electrons. The molecule has 0 bridgehead atoms. The third-order valence-corrected chi connectivity index (χ3v) is 0. The summed E-state index contributed by atoms with van der Waals surface area (Å²) in [6, 6.07) is 0. The molecule has 2 radical (unpaired) electrons. The molecule has 2 nitrogen and oxygen atoms in total. The van der Waals surface area contributed by atoms with Gasteiger partial charge in [0.15, 0.2) is 0 Å². The second-order valence-corrected chi connectivity index (χ2v) is 0. The average molecular weight is 366 g/mol. The fourth-order valence-electron chi connectivity index (χ4n) is 0. The summed E-state index contributed by atoms with van der Waals surface area (Å²) in [5.74, 6) is 0. The van der Waals surface area contributed by atoms with Crippen molar-refractivity contribution in [1.29, 1.82) is 0 Å². The predicted octanol–water partition coefficient (Wildman–Crippen LogP) is -6.67. The van der Waals surface area contributed by atoms with Crippen molar-refractivity contribution in [3.8, 4) is 0 Å². The van der Waals surface area contributed by atoms with Gasteiger partial charge in [-0.05, 0) is 0 Å². The molecule has 0 rings (SSSR count). The molecular formula is H3AlCo2Li2MnNi2O2. The number of rotatable bonds is 0. The summed E-state index contributed by atoms with van der Waals surface area (Å²) < 4.78 is 16.2. The Balaban J connectivity index is -0.000000000500. The van der Waals surface area contributed by atoms with Crippen LogP contribution in [0.25, 0.3) is 0 Å². The van der Waals surface area contributed by atoms with Gasteiger partial charge < -0.3 is 2.85 Å². The minimum absolute atomic E-state index is 0. The molecule has 10 heavy (non-hydrogen) atoms. The summed E-state index contributed by atoms with van der Waals surface area (Å²) in [5.41, 5.74) is 0. The van der Waals surface area contributed by atoms with Crippen LogP contribution in [0.5, 0.6) is 0 Å². The van der Waals surface area contributed by atoms with Gasteiger partial charge >= 0.3 is 77.3 Å². The summed E-state index contributed by atoms with van der Waals surface area (Å²) in [6.07, 6.45) is 0. The quantitative estimate of drug-likeness (QED) is 0.400. The van der Waals surface area contributed by atoms with Crippen molar-refractivity contribution in [3.05, 3.63) is 0 Å². The first-order valence-corrected chi connectivity index (χ1v) is 1.43. The molecule has 10 heteroatoms. The van der Waals surface area contributed by atoms with Crippen LogP contribution in [0.4, 0.5) is 0 Å². The Hall–Kier alpha value is 3.85. The van der Waals surface area contributed by atoms with Gasteiger partial charge in [0, 0.05) is 66.8 Å². The van der Waals surface area contributed by atoms with Crippen molar-refractivity contribution in [2.75, 3.05) is 0 Å². The molecule has 0 N–H and O–H groups in total. The molecule has 0 unspecified atom stereocenters. The van der Waals surface area contributed by atoms with Gasteiger partial charge in [-0.3, -0.25) is 0 Å². The van der Waals surface area contributed by atoms with E-state index in [4.69, 9.17) is 7.67 Å². The SMILES string of the molecule is [Co].[H-].[H-].[Li+].[Li+].[Mn].[Ni].[Ni].[O]=[AlH].[O]=[Co]. The third-order valence-electron chi connectivity index (χ3n) is 0. The maximum absolute atomic E-state index is 8.28. The van der Waals surface area contributed by atoms with E-state index in [1.165, 1.54) is 0 Å². The summed E-state index contributed by atoms with van der Waals surface area (Å²) >= 11 is 2.92. The van der Waals surface area contributed by atoms with Crippen LogP contribution in [0.1, 0.15) is 2.85 Å². The van der Waals surface area contributed by atoms with Crippen molar-refractivity contribution < 1.29 is 131 Å². The summed E-state index contributed by atoms with van der Waals surface area (Å²) in [4.78, 5) is 0. The van der Waals surface area contributed by atoms with Crippen molar-refractivity contribution >= 4 is 16.2 Å². The van der Waals surface area contributed by atoms with Gasteiger partial charge in [0.2, 0.25) is 0 Å².